The zero-order valence-corrected chi connectivity index (χ0v) is 12.8. The number of methoxy groups -OCH3 is 2. The minimum Gasteiger partial charge on any atom is -0.493 e. The van der Waals surface area contributed by atoms with Crippen LogP contribution in [0.15, 0.2) is 24.5 Å². The third-order valence-corrected chi connectivity index (χ3v) is 4.13. The molecule has 0 unspecified atom stereocenters. The molecular weight excluding hydrogens is 286 g/mol. The molecule has 0 radical (unpaired) electrons. The fraction of sp³-hybridized carbons (Fsp3) is 0.200. The lowest BCUT2D eigenvalue weighted by molar-refractivity contribution is 0.356. The standard InChI is InChI=1S/C15H15N3O2S/c1-18-7-6-16-14(18)4-5-15-17-10-8-11(19-2)12(20-3)9-13(10)21-15/h4-9H,1-3H3/b5-4-. The molecule has 1 aromatic carbocycles. The Labute approximate surface area is 126 Å². The van der Waals surface area contributed by atoms with E-state index in [1.807, 2.05) is 42.1 Å². The van der Waals surface area contributed by atoms with E-state index in [4.69, 9.17) is 9.47 Å². The van der Waals surface area contributed by atoms with Crippen LogP contribution in [0, 0.1) is 0 Å². The van der Waals surface area contributed by atoms with Crippen molar-refractivity contribution in [1.29, 1.82) is 0 Å². The van der Waals surface area contributed by atoms with Crippen molar-refractivity contribution in [2.45, 2.75) is 0 Å². The van der Waals surface area contributed by atoms with Crippen LogP contribution in [0.1, 0.15) is 10.8 Å². The van der Waals surface area contributed by atoms with Gasteiger partial charge < -0.3 is 14.0 Å². The molecule has 3 aromatic rings. The van der Waals surface area contributed by atoms with Gasteiger partial charge in [0, 0.05) is 31.6 Å². The van der Waals surface area contributed by atoms with Crippen molar-refractivity contribution in [3.8, 4) is 11.5 Å². The van der Waals surface area contributed by atoms with Crippen molar-refractivity contribution in [3.63, 3.8) is 0 Å². The summed E-state index contributed by atoms with van der Waals surface area (Å²) < 4.78 is 13.6. The van der Waals surface area contributed by atoms with Gasteiger partial charge in [-0.15, -0.1) is 11.3 Å². The Morgan fingerprint density at radius 1 is 1.14 bits per heavy atom. The maximum absolute atomic E-state index is 5.31. The molecule has 0 N–H and O–H groups in total. The number of benzene rings is 1. The topological polar surface area (TPSA) is 49.2 Å². The first kappa shape index (κ1) is 13.6. The van der Waals surface area contributed by atoms with Gasteiger partial charge in [0.25, 0.3) is 0 Å². The molecule has 0 saturated carbocycles. The molecule has 0 saturated heterocycles. The second-order valence-electron chi connectivity index (χ2n) is 4.46. The van der Waals surface area contributed by atoms with E-state index in [0.29, 0.717) is 11.5 Å². The van der Waals surface area contributed by atoms with Gasteiger partial charge in [0.2, 0.25) is 0 Å². The first-order chi connectivity index (χ1) is 10.2. The quantitative estimate of drug-likeness (QED) is 0.742. The Hall–Kier alpha value is -2.34. The first-order valence-corrected chi connectivity index (χ1v) is 7.21. The molecule has 0 aliphatic rings. The summed E-state index contributed by atoms with van der Waals surface area (Å²) in [6.45, 7) is 0. The number of hydrogen-bond donors (Lipinski definition) is 0. The van der Waals surface area contributed by atoms with Crippen LogP contribution in [0.4, 0.5) is 0 Å². The second-order valence-corrected chi connectivity index (χ2v) is 5.52. The van der Waals surface area contributed by atoms with Gasteiger partial charge in [0.1, 0.15) is 10.8 Å². The van der Waals surface area contributed by atoms with Gasteiger partial charge in [-0.1, -0.05) is 0 Å². The summed E-state index contributed by atoms with van der Waals surface area (Å²) in [5, 5.41) is 0.920. The van der Waals surface area contributed by atoms with Gasteiger partial charge in [-0.2, -0.15) is 0 Å². The van der Waals surface area contributed by atoms with Crippen LogP contribution in [0.5, 0.6) is 11.5 Å². The Balaban J connectivity index is 1.97. The van der Waals surface area contributed by atoms with E-state index in [-0.39, 0.29) is 0 Å². The van der Waals surface area contributed by atoms with Crippen molar-refractivity contribution < 1.29 is 9.47 Å². The normalized spacial score (nSPS) is 11.4. The molecule has 3 rings (SSSR count). The van der Waals surface area contributed by atoms with Gasteiger partial charge >= 0.3 is 0 Å². The van der Waals surface area contributed by atoms with Crippen LogP contribution in [0.2, 0.25) is 0 Å². The zero-order valence-electron chi connectivity index (χ0n) is 12.0. The first-order valence-electron chi connectivity index (χ1n) is 6.39. The van der Waals surface area contributed by atoms with E-state index in [1.165, 1.54) is 0 Å². The molecule has 21 heavy (non-hydrogen) atoms. The van der Waals surface area contributed by atoms with Crippen molar-refractivity contribution in [2.75, 3.05) is 14.2 Å². The predicted molar refractivity (Wildman–Crippen MR) is 84.9 cm³/mol. The smallest absolute Gasteiger partial charge is 0.162 e. The van der Waals surface area contributed by atoms with E-state index in [0.717, 1.165) is 21.0 Å². The summed E-state index contributed by atoms with van der Waals surface area (Å²) in [7, 11) is 5.21. The summed E-state index contributed by atoms with van der Waals surface area (Å²) in [6.07, 6.45) is 7.60. The largest absolute Gasteiger partial charge is 0.493 e. The van der Waals surface area contributed by atoms with Crippen molar-refractivity contribution >= 4 is 33.7 Å². The molecule has 2 heterocycles. The van der Waals surface area contributed by atoms with E-state index in [2.05, 4.69) is 9.97 Å². The van der Waals surface area contributed by atoms with Crippen LogP contribution in [-0.2, 0) is 7.05 Å². The summed E-state index contributed by atoms with van der Waals surface area (Å²) in [5.74, 6) is 2.30. The van der Waals surface area contributed by atoms with E-state index in [9.17, 15) is 0 Å². The van der Waals surface area contributed by atoms with Gasteiger partial charge in [-0.05, 0) is 12.2 Å². The van der Waals surface area contributed by atoms with Crippen LogP contribution < -0.4 is 9.47 Å². The molecule has 0 amide bonds. The van der Waals surface area contributed by atoms with Crippen LogP contribution in [0.25, 0.3) is 22.4 Å². The monoisotopic (exact) mass is 301 g/mol. The Bertz CT molecular complexity index is 763. The highest BCUT2D eigenvalue weighted by Gasteiger charge is 2.09. The van der Waals surface area contributed by atoms with Crippen molar-refractivity contribution in [2.24, 2.45) is 7.05 Å². The lowest BCUT2D eigenvalue weighted by Gasteiger charge is -2.05. The molecule has 0 aliphatic carbocycles. The number of aromatic nitrogens is 3. The molecule has 2 aromatic heterocycles. The van der Waals surface area contributed by atoms with Crippen molar-refractivity contribution in [1.82, 2.24) is 14.5 Å². The minimum atomic E-state index is 0.690. The van der Waals surface area contributed by atoms with Gasteiger partial charge in [-0.3, -0.25) is 0 Å². The summed E-state index contributed by atoms with van der Waals surface area (Å²) >= 11 is 1.60. The number of nitrogens with zero attached hydrogens (tertiary/aromatic N) is 3. The van der Waals surface area contributed by atoms with Gasteiger partial charge in [-0.25, -0.2) is 9.97 Å². The number of fused-ring (bicyclic) bond motifs is 1. The second kappa shape index (κ2) is 5.57. The number of hydrogen-bond acceptors (Lipinski definition) is 5. The number of rotatable bonds is 4. The third kappa shape index (κ3) is 2.62. The fourth-order valence-corrected chi connectivity index (χ4v) is 2.91. The average molecular weight is 301 g/mol. The molecule has 6 heteroatoms. The van der Waals surface area contributed by atoms with Crippen LogP contribution >= 0.6 is 11.3 Å². The summed E-state index contributed by atoms with van der Waals surface area (Å²) in [5.41, 5.74) is 0.900. The highest BCUT2D eigenvalue weighted by Crippen LogP contribution is 2.35. The lowest BCUT2D eigenvalue weighted by Crippen LogP contribution is -1.89. The van der Waals surface area contributed by atoms with Gasteiger partial charge in [0.05, 0.1) is 24.4 Å². The van der Waals surface area contributed by atoms with Crippen LogP contribution in [0.3, 0.4) is 0 Å². The SMILES string of the molecule is COc1cc2nc(/C=C\c3nccn3C)sc2cc1OC. The van der Waals surface area contributed by atoms with E-state index in [1.54, 1.807) is 31.8 Å². The highest BCUT2D eigenvalue weighted by molar-refractivity contribution is 7.19. The van der Waals surface area contributed by atoms with Gasteiger partial charge in [0.15, 0.2) is 11.5 Å². The maximum atomic E-state index is 5.31. The molecule has 108 valence electrons. The Morgan fingerprint density at radius 3 is 2.57 bits per heavy atom. The van der Waals surface area contributed by atoms with E-state index < -0.39 is 0 Å². The molecule has 5 nitrogen and oxygen atoms in total. The van der Waals surface area contributed by atoms with E-state index >= 15 is 0 Å². The summed E-state index contributed by atoms with van der Waals surface area (Å²) in [4.78, 5) is 8.84. The molecule has 0 atom stereocenters. The number of aryl methyl sites for hydroxylation is 1. The third-order valence-electron chi connectivity index (χ3n) is 3.14. The fourth-order valence-electron chi connectivity index (χ4n) is 2.03. The molecule has 0 spiro atoms. The average Bonchev–Trinajstić information content (AvgIpc) is 3.08. The number of ether oxygens (including phenoxy) is 2. The lowest BCUT2D eigenvalue weighted by atomic mass is 10.3. The Kier molecular flexibility index (Phi) is 3.62. The van der Waals surface area contributed by atoms with Crippen molar-refractivity contribution in [3.05, 3.63) is 35.4 Å². The zero-order chi connectivity index (χ0) is 14.8. The highest BCUT2D eigenvalue weighted by atomic mass is 32.1. The minimum absolute atomic E-state index is 0.690. The maximum Gasteiger partial charge on any atom is 0.162 e. The molecule has 0 aliphatic heterocycles. The molecular formula is C15H15N3O2S. The molecule has 0 bridgehead atoms. The Morgan fingerprint density at radius 2 is 1.90 bits per heavy atom. The van der Waals surface area contributed by atoms with Crippen LogP contribution in [-0.4, -0.2) is 28.8 Å². The number of thiazole rings is 1. The number of imidazole rings is 1. The molecule has 0 fully saturated rings. The summed E-state index contributed by atoms with van der Waals surface area (Å²) in [6, 6.07) is 3.84. The predicted octanol–water partition coefficient (Wildman–Crippen LogP) is 3.22.